The maximum absolute atomic E-state index is 10.8. The molecular weight excluding hydrogens is 272 g/mol. The van der Waals surface area contributed by atoms with Crippen LogP contribution in [0.5, 0.6) is 0 Å². The predicted octanol–water partition coefficient (Wildman–Crippen LogP) is 2.36. The molecule has 1 aromatic carbocycles. The molecule has 0 saturated carbocycles. The fourth-order valence-corrected chi connectivity index (χ4v) is 3.11. The summed E-state index contributed by atoms with van der Waals surface area (Å²) in [6.07, 6.45) is 0.612. The Bertz CT molecular complexity index is 558. The van der Waals surface area contributed by atoms with Crippen molar-refractivity contribution >= 4 is 33.9 Å². The van der Waals surface area contributed by atoms with Crippen molar-refractivity contribution in [2.45, 2.75) is 10.8 Å². The van der Waals surface area contributed by atoms with E-state index >= 15 is 0 Å². The number of hydrogen-bond donors (Lipinski definition) is 1. The molecule has 1 heterocycles. The molecule has 0 aliphatic rings. The number of aromatic nitrogens is 2. The van der Waals surface area contributed by atoms with Crippen molar-refractivity contribution in [3.05, 3.63) is 39.9 Å². The van der Waals surface area contributed by atoms with Crippen molar-refractivity contribution in [3.8, 4) is 0 Å². The van der Waals surface area contributed by atoms with Crippen LogP contribution in [0.15, 0.2) is 28.6 Å². The molecule has 0 aliphatic heterocycles. The van der Waals surface area contributed by atoms with Crippen molar-refractivity contribution in [1.82, 2.24) is 10.2 Å². The first-order chi connectivity index (χ1) is 8.66. The van der Waals surface area contributed by atoms with Crippen LogP contribution in [0, 0.1) is 10.1 Å². The van der Waals surface area contributed by atoms with Crippen LogP contribution in [0.4, 0.5) is 10.8 Å². The lowest BCUT2D eigenvalue weighted by atomic mass is 10.1. The fourth-order valence-electron chi connectivity index (χ4n) is 1.43. The highest BCUT2D eigenvalue weighted by molar-refractivity contribution is 8.01. The van der Waals surface area contributed by atoms with E-state index in [1.54, 1.807) is 18.2 Å². The number of thioether (sulfide) groups is 1. The lowest BCUT2D eigenvalue weighted by molar-refractivity contribution is -0.385. The zero-order valence-corrected chi connectivity index (χ0v) is 10.9. The number of nitrogen functional groups attached to an aromatic ring is 1. The second-order valence-corrected chi connectivity index (χ2v) is 5.74. The number of nitrogens with zero attached hydrogens (tertiary/aromatic N) is 3. The van der Waals surface area contributed by atoms with Crippen LogP contribution in [0.3, 0.4) is 0 Å². The third-order valence-corrected chi connectivity index (χ3v) is 4.09. The molecule has 0 amide bonds. The number of rotatable bonds is 5. The number of nitro benzene ring substituents is 1. The molecule has 8 heteroatoms. The summed E-state index contributed by atoms with van der Waals surface area (Å²) in [6, 6.07) is 6.76. The van der Waals surface area contributed by atoms with Crippen molar-refractivity contribution in [3.63, 3.8) is 0 Å². The summed E-state index contributed by atoms with van der Waals surface area (Å²) in [7, 11) is 0. The molecule has 1 aromatic heterocycles. The van der Waals surface area contributed by atoms with Gasteiger partial charge in [0.05, 0.1) is 4.92 Å². The number of benzene rings is 1. The number of hydrogen-bond acceptors (Lipinski definition) is 7. The van der Waals surface area contributed by atoms with E-state index < -0.39 is 0 Å². The molecule has 2 rings (SSSR count). The van der Waals surface area contributed by atoms with Gasteiger partial charge in [-0.05, 0) is 6.42 Å². The maximum atomic E-state index is 10.8. The predicted molar refractivity (Wildman–Crippen MR) is 71.8 cm³/mol. The fraction of sp³-hybridized carbons (Fsp3) is 0.200. The van der Waals surface area contributed by atoms with Gasteiger partial charge >= 0.3 is 0 Å². The molecule has 0 saturated heterocycles. The van der Waals surface area contributed by atoms with E-state index in [1.165, 1.54) is 29.2 Å². The molecule has 18 heavy (non-hydrogen) atoms. The van der Waals surface area contributed by atoms with Gasteiger partial charge in [-0.2, -0.15) is 0 Å². The number of anilines is 1. The van der Waals surface area contributed by atoms with Gasteiger partial charge in [0.25, 0.3) is 5.69 Å². The molecule has 0 bridgehead atoms. The molecule has 0 spiro atoms. The molecule has 0 radical (unpaired) electrons. The molecule has 2 N–H and O–H groups in total. The summed E-state index contributed by atoms with van der Waals surface area (Å²) in [4.78, 5) is 10.5. The average Bonchev–Trinajstić information content (AvgIpc) is 2.75. The Hall–Kier alpha value is -1.67. The summed E-state index contributed by atoms with van der Waals surface area (Å²) in [5.74, 6) is 0.708. The first-order valence-electron chi connectivity index (χ1n) is 5.11. The van der Waals surface area contributed by atoms with E-state index in [0.29, 0.717) is 17.3 Å². The summed E-state index contributed by atoms with van der Waals surface area (Å²) < 4.78 is 0.783. The Balaban J connectivity index is 1.96. The first kappa shape index (κ1) is 12.8. The van der Waals surface area contributed by atoms with Crippen LogP contribution in [0.25, 0.3) is 0 Å². The standard InChI is InChI=1S/C10H10N4O2S2/c11-9-12-13-10(18-9)17-6-5-7-3-1-2-4-8(7)14(15)16/h1-4H,5-6H2,(H2,11,12). The van der Waals surface area contributed by atoms with Crippen LogP contribution in [-0.4, -0.2) is 20.9 Å². The van der Waals surface area contributed by atoms with Crippen molar-refractivity contribution < 1.29 is 4.92 Å². The summed E-state index contributed by atoms with van der Waals surface area (Å²) in [5, 5.41) is 18.8. The molecule has 6 nitrogen and oxygen atoms in total. The Morgan fingerprint density at radius 1 is 1.39 bits per heavy atom. The zero-order valence-electron chi connectivity index (χ0n) is 9.28. The van der Waals surface area contributed by atoms with Crippen LogP contribution in [0.2, 0.25) is 0 Å². The molecule has 94 valence electrons. The second kappa shape index (κ2) is 5.78. The van der Waals surface area contributed by atoms with Gasteiger partial charge in [0.1, 0.15) is 0 Å². The maximum Gasteiger partial charge on any atom is 0.272 e. The minimum atomic E-state index is -0.358. The Morgan fingerprint density at radius 3 is 2.83 bits per heavy atom. The van der Waals surface area contributed by atoms with E-state index in [2.05, 4.69) is 10.2 Å². The van der Waals surface area contributed by atoms with Gasteiger partial charge < -0.3 is 5.73 Å². The third kappa shape index (κ3) is 3.17. The summed E-state index contributed by atoms with van der Waals surface area (Å²) in [6.45, 7) is 0. The Morgan fingerprint density at radius 2 is 2.17 bits per heavy atom. The number of para-hydroxylation sites is 1. The van der Waals surface area contributed by atoms with E-state index in [9.17, 15) is 10.1 Å². The van der Waals surface area contributed by atoms with Crippen LogP contribution >= 0.6 is 23.1 Å². The van der Waals surface area contributed by atoms with Crippen LogP contribution in [0.1, 0.15) is 5.56 Å². The SMILES string of the molecule is Nc1nnc(SCCc2ccccc2[N+](=O)[O-])s1. The smallest absolute Gasteiger partial charge is 0.272 e. The van der Waals surface area contributed by atoms with Crippen molar-refractivity contribution in [1.29, 1.82) is 0 Å². The van der Waals surface area contributed by atoms with Gasteiger partial charge in [0.2, 0.25) is 5.13 Å². The average molecular weight is 282 g/mol. The van der Waals surface area contributed by atoms with E-state index in [1.807, 2.05) is 0 Å². The lowest BCUT2D eigenvalue weighted by Crippen LogP contribution is -1.96. The quantitative estimate of drug-likeness (QED) is 0.514. The zero-order chi connectivity index (χ0) is 13.0. The first-order valence-corrected chi connectivity index (χ1v) is 6.91. The Kier molecular flexibility index (Phi) is 4.11. The third-order valence-electron chi connectivity index (χ3n) is 2.21. The molecular formula is C10H10N4O2S2. The van der Waals surface area contributed by atoms with Gasteiger partial charge in [-0.15, -0.1) is 10.2 Å². The van der Waals surface area contributed by atoms with E-state index in [-0.39, 0.29) is 10.6 Å². The number of nitrogens with two attached hydrogens (primary N) is 1. The minimum absolute atomic E-state index is 0.162. The van der Waals surface area contributed by atoms with E-state index in [0.717, 1.165) is 9.90 Å². The highest BCUT2D eigenvalue weighted by atomic mass is 32.2. The Labute approximate surface area is 111 Å². The molecule has 0 aliphatic carbocycles. The van der Waals surface area contributed by atoms with Gasteiger partial charge in [-0.1, -0.05) is 41.3 Å². The van der Waals surface area contributed by atoms with Gasteiger partial charge in [-0.3, -0.25) is 10.1 Å². The minimum Gasteiger partial charge on any atom is -0.374 e. The largest absolute Gasteiger partial charge is 0.374 e. The normalized spacial score (nSPS) is 10.4. The molecule has 2 aromatic rings. The lowest BCUT2D eigenvalue weighted by Gasteiger charge is -2.01. The number of nitro groups is 1. The van der Waals surface area contributed by atoms with Gasteiger partial charge in [0.15, 0.2) is 4.34 Å². The highest BCUT2D eigenvalue weighted by Crippen LogP contribution is 2.26. The second-order valence-electron chi connectivity index (χ2n) is 3.39. The van der Waals surface area contributed by atoms with E-state index in [4.69, 9.17) is 5.73 Å². The van der Waals surface area contributed by atoms with Crippen molar-refractivity contribution in [2.75, 3.05) is 11.5 Å². The number of aryl methyl sites for hydroxylation is 1. The van der Waals surface area contributed by atoms with Gasteiger partial charge in [-0.25, -0.2) is 0 Å². The highest BCUT2D eigenvalue weighted by Gasteiger charge is 2.12. The summed E-state index contributed by atoms with van der Waals surface area (Å²) >= 11 is 2.82. The molecule has 0 fully saturated rings. The topological polar surface area (TPSA) is 94.9 Å². The van der Waals surface area contributed by atoms with Crippen LogP contribution in [-0.2, 0) is 6.42 Å². The van der Waals surface area contributed by atoms with Crippen LogP contribution < -0.4 is 5.73 Å². The summed E-state index contributed by atoms with van der Waals surface area (Å²) in [5.41, 5.74) is 6.36. The van der Waals surface area contributed by atoms with Crippen molar-refractivity contribution in [2.24, 2.45) is 0 Å². The molecule has 0 atom stereocenters. The molecule has 0 unspecified atom stereocenters. The van der Waals surface area contributed by atoms with Gasteiger partial charge in [0, 0.05) is 17.4 Å². The monoisotopic (exact) mass is 282 g/mol.